The van der Waals surface area contributed by atoms with Gasteiger partial charge in [-0.3, -0.25) is 4.90 Å². The standard InChI is InChI=1S/C17H24ClFN2/c1-2-8-21(11-15-16(18)4-3-5-17(15)19)14-9-12-6-7-13(10-14)20-12/h3-5,12-14,20H,2,6-11H2,1H3. The smallest absolute Gasteiger partial charge is 0.129 e. The third-order valence-electron chi connectivity index (χ3n) is 4.90. The summed E-state index contributed by atoms with van der Waals surface area (Å²) >= 11 is 6.20. The molecule has 0 saturated carbocycles. The molecule has 0 radical (unpaired) electrons. The lowest BCUT2D eigenvalue weighted by atomic mass is 9.97. The van der Waals surface area contributed by atoms with E-state index in [1.165, 1.54) is 31.7 Å². The van der Waals surface area contributed by atoms with Crippen molar-refractivity contribution in [1.29, 1.82) is 0 Å². The van der Waals surface area contributed by atoms with Gasteiger partial charge in [0.2, 0.25) is 0 Å². The molecular weight excluding hydrogens is 287 g/mol. The van der Waals surface area contributed by atoms with Crippen LogP contribution in [-0.2, 0) is 6.54 Å². The van der Waals surface area contributed by atoms with Crippen LogP contribution in [0.3, 0.4) is 0 Å². The van der Waals surface area contributed by atoms with E-state index in [9.17, 15) is 4.39 Å². The van der Waals surface area contributed by atoms with Gasteiger partial charge in [-0.2, -0.15) is 0 Å². The molecule has 0 aromatic heterocycles. The molecule has 0 spiro atoms. The number of hydrogen-bond acceptors (Lipinski definition) is 2. The summed E-state index contributed by atoms with van der Waals surface area (Å²) in [6.45, 7) is 3.82. The second kappa shape index (κ2) is 6.64. The fourth-order valence-electron chi connectivity index (χ4n) is 3.89. The third kappa shape index (κ3) is 3.41. The normalized spacial score (nSPS) is 28.3. The summed E-state index contributed by atoms with van der Waals surface area (Å²) in [6, 6.07) is 6.84. The van der Waals surface area contributed by atoms with Crippen LogP contribution in [0.5, 0.6) is 0 Å². The van der Waals surface area contributed by atoms with Gasteiger partial charge >= 0.3 is 0 Å². The molecule has 0 amide bonds. The van der Waals surface area contributed by atoms with Crippen molar-refractivity contribution in [2.45, 2.75) is 63.7 Å². The second-order valence-electron chi connectivity index (χ2n) is 6.43. The number of hydrogen-bond donors (Lipinski definition) is 1. The highest BCUT2D eigenvalue weighted by Gasteiger charge is 2.36. The number of piperidine rings is 1. The van der Waals surface area contributed by atoms with Crippen LogP contribution in [0.25, 0.3) is 0 Å². The molecule has 2 saturated heterocycles. The largest absolute Gasteiger partial charge is 0.311 e. The molecule has 116 valence electrons. The second-order valence-corrected chi connectivity index (χ2v) is 6.84. The van der Waals surface area contributed by atoms with E-state index in [1.54, 1.807) is 12.1 Å². The maximum Gasteiger partial charge on any atom is 0.129 e. The molecule has 2 unspecified atom stereocenters. The Labute approximate surface area is 131 Å². The number of nitrogens with one attached hydrogen (secondary N) is 1. The molecule has 2 nitrogen and oxygen atoms in total. The average Bonchev–Trinajstić information content (AvgIpc) is 2.80. The molecule has 1 aromatic rings. The molecule has 4 heteroatoms. The fourth-order valence-corrected chi connectivity index (χ4v) is 4.11. The molecule has 1 aromatic carbocycles. The van der Waals surface area contributed by atoms with Crippen molar-refractivity contribution in [3.63, 3.8) is 0 Å². The maximum atomic E-state index is 14.1. The van der Waals surface area contributed by atoms with Gasteiger partial charge in [-0.05, 0) is 50.8 Å². The Kier molecular flexibility index (Phi) is 4.82. The highest BCUT2D eigenvalue weighted by molar-refractivity contribution is 6.31. The van der Waals surface area contributed by atoms with Gasteiger partial charge in [0, 0.05) is 35.3 Å². The molecule has 2 heterocycles. The molecule has 2 aliphatic heterocycles. The summed E-state index contributed by atoms with van der Waals surface area (Å²) in [4.78, 5) is 2.44. The average molecular weight is 311 g/mol. The first-order valence-electron chi connectivity index (χ1n) is 8.10. The van der Waals surface area contributed by atoms with Gasteiger partial charge in [-0.15, -0.1) is 0 Å². The SMILES string of the molecule is CCCN(Cc1c(F)cccc1Cl)C1CC2CCC(C1)N2. The number of benzene rings is 1. The lowest BCUT2D eigenvalue weighted by Crippen LogP contribution is -2.48. The zero-order chi connectivity index (χ0) is 14.8. The van der Waals surface area contributed by atoms with Crippen molar-refractivity contribution in [3.05, 3.63) is 34.6 Å². The highest BCUT2D eigenvalue weighted by atomic mass is 35.5. The first kappa shape index (κ1) is 15.3. The van der Waals surface area contributed by atoms with Crippen molar-refractivity contribution in [1.82, 2.24) is 10.2 Å². The lowest BCUT2D eigenvalue weighted by Gasteiger charge is -2.38. The van der Waals surface area contributed by atoms with Crippen molar-refractivity contribution in [2.75, 3.05) is 6.54 Å². The van der Waals surface area contributed by atoms with E-state index in [2.05, 4.69) is 17.1 Å². The summed E-state index contributed by atoms with van der Waals surface area (Å²) in [6.07, 6.45) is 6.04. The Morgan fingerprint density at radius 1 is 1.29 bits per heavy atom. The van der Waals surface area contributed by atoms with E-state index in [-0.39, 0.29) is 5.82 Å². The predicted octanol–water partition coefficient (Wildman–Crippen LogP) is 3.97. The van der Waals surface area contributed by atoms with Crippen LogP contribution in [0.15, 0.2) is 18.2 Å². The molecule has 1 N–H and O–H groups in total. The van der Waals surface area contributed by atoms with Crippen molar-refractivity contribution in [3.8, 4) is 0 Å². The number of nitrogens with zero attached hydrogens (tertiary/aromatic N) is 1. The summed E-state index contributed by atoms with van der Waals surface area (Å²) < 4.78 is 14.1. The van der Waals surface area contributed by atoms with Crippen molar-refractivity contribution in [2.24, 2.45) is 0 Å². The minimum Gasteiger partial charge on any atom is -0.311 e. The minimum absolute atomic E-state index is 0.180. The first-order chi connectivity index (χ1) is 10.2. The van der Waals surface area contributed by atoms with Gasteiger partial charge in [-0.1, -0.05) is 24.6 Å². The van der Waals surface area contributed by atoms with Crippen LogP contribution in [0.2, 0.25) is 5.02 Å². The van der Waals surface area contributed by atoms with Gasteiger partial charge in [0.1, 0.15) is 5.82 Å². The van der Waals surface area contributed by atoms with Gasteiger partial charge in [-0.25, -0.2) is 4.39 Å². The maximum absolute atomic E-state index is 14.1. The number of rotatable bonds is 5. The summed E-state index contributed by atoms with van der Waals surface area (Å²) in [5, 5.41) is 4.23. The van der Waals surface area contributed by atoms with E-state index in [4.69, 9.17) is 11.6 Å². The van der Waals surface area contributed by atoms with Crippen molar-refractivity contribution < 1.29 is 4.39 Å². The monoisotopic (exact) mass is 310 g/mol. The topological polar surface area (TPSA) is 15.3 Å². The Morgan fingerprint density at radius 3 is 2.62 bits per heavy atom. The van der Waals surface area contributed by atoms with Crippen LogP contribution in [-0.4, -0.2) is 29.6 Å². The van der Waals surface area contributed by atoms with Gasteiger partial charge in [0.15, 0.2) is 0 Å². The Hall–Kier alpha value is -0.640. The van der Waals surface area contributed by atoms with E-state index in [1.807, 2.05) is 0 Å². The molecule has 2 fully saturated rings. The van der Waals surface area contributed by atoms with Gasteiger partial charge in [0.05, 0.1) is 0 Å². The molecule has 3 rings (SSSR count). The molecule has 2 aliphatic rings. The van der Waals surface area contributed by atoms with E-state index < -0.39 is 0 Å². The summed E-state index contributed by atoms with van der Waals surface area (Å²) in [7, 11) is 0. The zero-order valence-corrected chi connectivity index (χ0v) is 13.4. The number of fused-ring (bicyclic) bond motifs is 2. The van der Waals surface area contributed by atoms with E-state index >= 15 is 0 Å². The summed E-state index contributed by atoms with van der Waals surface area (Å²) in [5.41, 5.74) is 0.651. The van der Waals surface area contributed by atoms with Gasteiger partial charge in [0.25, 0.3) is 0 Å². The Bertz CT molecular complexity index is 461. The molecule has 2 atom stereocenters. The fraction of sp³-hybridized carbons (Fsp3) is 0.647. The first-order valence-corrected chi connectivity index (χ1v) is 8.48. The molecule has 21 heavy (non-hydrogen) atoms. The molecule has 2 bridgehead atoms. The molecular formula is C17H24ClFN2. The highest BCUT2D eigenvalue weighted by Crippen LogP contribution is 2.31. The van der Waals surface area contributed by atoms with Crippen LogP contribution in [0.1, 0.15) is 44.6 Å². The van der Waals surface area contributed by atoms with Crippen LogP contribution < -0.4 is 5.32 Å². The zero-order valence-electron chi connectivity index (χ0n) is 12.6. The third-order valence-corrected chi connectivity index (χ3v) is 5.25. The Morgan fingerprint density at radius 2 is 2.00 bits per heavy atom. The van der Waals surface area contributed by atoms with E-state index in [0.29, 0.717) is 35.3 Å². The van der Waals surface area contributed by atoms with Crippen molar-refractivity contribution >= 4 is 11.6 Å². The van der Waals surface area contributed by atoms with Crippen LogP contribution >= 0.6 is 11.6 Å². The minimum atomic E-state index is -0.180. The van der Waals surface area contributed by atoms with Gasteiger partial charge < -0.3 is 5.32 Å². The predicted molar refractivity (Wildman–Crippen MR) is 85.1 cm³/mol. The Balaban J connectivity index is 1.75. The van der Waals surface area contributed by atoms with E-state index in [0.717, 1.165) is 13.0 Å². The van der Waals surface area contributed by atoms with Crippen LogP contribution in [0, 0.1) is 5.82 Å². The lowest BCUT2D eigenvalue weighted by molar-refractivity contribution is 0.132. The van der Waals surface area contributed by atoms with Crippen LogP contribution in [0.4, 0.5) is 4.39 Å². The summed E-state index contributed by atoms with van der Waals surface area (Å²) in [5.74, 6) is -0.180. The number of halogens is 2. The quantitative estimate of drug-likeness (QED) is 0.885. The molecule has 0 aliphatic carbocycles.